The number of nitrogens with zero attached hydrogens (tertiary/aromatic N) is 1. The summed E-state index contributed by atoms with van der Waals surface area (Å²) in [5.41, 5.74) is 0.980. The Morgan fingerprint density at radius 2 is 2.16 bits per heavy atom. The summed E-state index contributed by atoms with van der Waals surface area (Å²) in [7, 11) is 0. The molecular weight excluding hydrogens is 263 g/mol. The van der Waals surface area contributed by atoms with Gasteiger partial charge in [-0.1, -0.05) is 17.7 Å². The lowest BCUT2D eigenvalue weighted by molar-refractivity contribution is 0.313. The smallest absolute Gasteiger partial charge is 0.124 e. The Morgan fingerprint density at radius 3 is 2.84 bits per heavy atom. The molecule has 1 saturated carbocycles. The predicted octanol–water partition coefficient (Wildman–Crippen LogP) is 3.37. The van der Waals surface area contributed by atoms with Crippen molar-refractivity contribution in [1.82, 2.24) is 10.2 Å². The summed E-state index contributed by atoms with van der Waals surface area (Å²) in [5, 5.41) is 4.13. The minimum atomic E-state index is -0.276. The first-order valence-corrected chi connectivity index (χ1v) is 7.46. The van der Waals surface area contributed by atoms with Crippen molar-refractivity contribution < 1.29 is 4.39 Å². The molecule has 1 saturated heterocycles. The van der Waals surface area contributed by atoms with Crippen LogP contribution >= 0.6 is 11.6 Å². The Kier molecular flexibility index (Phi) is 3.79. The summed E-state index contributed by atoms with van der Waals surface area (Å²) in [6.45, 7) is 4.43. The lowest BCUT2D eigenvalue weighted by Crippen LogP contribution is -2.35. The zero-order valence-corrected chi connectivity index (χ0v) is 12.0. The van der Waals surface area contributed by atoms with Crippen molar-refractivity contribution in [1.29, 1.82) is 0 Å². The van der Waals surface area contributed by atoms with E-state index in [1.165, 1.54) is 37.9 Å². The molecule has 4 heteroatoms. The van der Waals surface area contributed by atoms with E-state index < -0.39 is 0 Å². The zero-order valence-electron chi connectivity index (χ0n) is 11.2. The second-order valence-corrected chi connectivity index (χ2v) is 6.17. The molecular formula is C15H20ClFN2. The van der Waals surface area contributed by atoms with Crippen molar-refractivity contribution >= 4 is 11.6 Å². The fourth-order valence-electron chi connectivity index (χ4n) is 2.99. The molecule has 2 aliphatic rings. The molecule has 0 spiro atoms. The number of halogens is 2. The second kappa shape index (κ2) is 5.39. The van der Waals surface area contributed by atoms with Crippen LogP contribution in [0.4, 0.5) is 4.39 Å². The first-order valence-electron chi connectivity index (χ1n) is 7.08. The van der Waals surface area contributed by atoms with Crippen molar-refractivity contribution in [3.8, 4) is 0 Å². The van der Waals surface area contributed by atoms with E-state index in [0.717, 1.165) is 18.2 Å². The van der Waals surface area contributed by atoms with Crippen LogP contribution in [0.3, 0.4) is 0 Å². The molecule has 3 rings (SSSR count). The Labute approximate surface area is 118 Å². The van der Waals surface area contributed by atoms with Gasteiger partial charge in [-0.15, -0.1) is 0 Å². The SMILES string of the molecule is CC(NC1CCN(C2CC2)C1)c1ccc(F)cc1Cl. The van der Waals surface area contributed by atoms with Crippen LogP contribution in [-0.2, 0) is 0 Å². The molecule has 1 aromatic carbocycles. The second-order valence-electron chi connectivity index (χ2n) is 5.77. The van der Waals surface area contributed by atoms with Gasteiger partial charge in [0.2, 0.25) is 0 Å². The number of rotatable bonds is 4. The molecule has 19 heavy (non-hydrogen) atoms. The summed E-state index contributed by atoms with van der Waals surface area (Å²) in [5.74, 6) is -0.276. The predicted molar refractivity (Wildman–Crippen MR) is 76.0 cm³/mol. The molecule has 2 atom stereocenters. The van der Waals surface area contributed by atoms with E-state index >= 15 is 0 Å². The van der Waals surface area contributed by atoms with E-state index in [2.05, 4.69) is 17.1 Å². The molecule has 1 N–H and O–H groups in total. The van der Waals surface area contributed by atoms with E-state index in [-0.39, 0.29) is 11.9 Å². The van der Waals surface area contributed by atoms with Gasteiger partial charge in [-0.2, -0.15) is 0 Å². The highest BCUT2D eigenvalue weighted by atomic mass is 35.5. The van der Waals surface area contributed by atoms with E-state index in [9.17, 15) is 4.39 Å². The van der Waals surface area contributed by atoms with E-state index in [4.69, 9.17) is 11.6 Å². The maximum Gasteiger partial charge on any atom is 0.124 e. The lowest BCUT2D eigenvalue weighted by Gasteiger charge is -2.21. The highest BCUT2D eigenvalue weighted by Crippen LogP contribution is 2.31. The monoisotopic (exact) mass is 282 g/mol. The molecule has 0 radical (unpaired) electrons. The van der Waals surface area contributed by atoms with Gasteiger partial charge in [0.1, 0.15) is 5.82 Å². The molecule has 1 aromatic rings. The Hall–Kier alpha value is -0.640. The van der Waals surface area contributed by atoms with Crippen LogP contribution in [0, 0.1) is 5.82 Å². The molecule has 2 nitrogen and oxygen atoms in total. The maximum atomic E-state index is 13.1. The first-order chi connectivity index (χ1) is 9.13. The van der Waals surface area contributed by atoms with Gasteiger partial charge in [0, 0.05) is 36.2 Å². The van der Waals surface area contributed by atoms with Gasteiger partial charge >= 0.3 is 0 Å². The van der Waals surface area contributed by atoms with Crippen molar-refractivity contribution in [2.24, 2.45) is 0 Å². The third kappa shape index (κ3) is 3.10. The van der Waals surface area contributed by atoms with Gasteiger partial charge in [0.15, 0.2) is 0 Å². The molecule has 2 unspecified atom stereocenters. The van der Waals surface area contributed by atoms with Crippen LogP contribution in [0.5, 0.6) is 0 Å². The minimum absolute atomic E-state index is 0.164. The summed E-state index contributed by atoms with van der Waals surface area (Å²) in [6, 6.07) is 6.18. The van der Waals surface area contributed by atoms with Gasteiger partial charge in [-0.3, -0.25) is 4.90 Å². The van der Waals surface area contributed by atoms with Crippen LogP contribution in [0.2, 0.25) is 5.02 Å². The number of hydrogen-bond donors (Lipinski definition) is 1. The van der Waals surface area contributed by atoms with Gasteiger partial charge in [0.25, 0.3) is 0 Å². The number of nitrogens with one attached hydrogen (secondary N) is 1. The molecule has 1 heterocycles. The van der Waals surface area contributed by atoms with Crippen molar-refractivity contribution in [2.75, 3.05) is 13.1 Å². The average Bonchev–Trinajstić information content (AvgIpc) is 3.10. The van der Waals surface area contributed by atoms with Crippen LogP contribution in [-0.4, -0.2) is 30.1 Å². The fraction of sp³-hybridized carbons (Fsp3) is 0.600. The minimum Gasteiger partial charge on any atom is -0.306 e. The van der Waals surface area contributed by atoms with Crippen LogP contribution < -0.4 is 5.32 Å². The summed E-state index contributed by atoms with van der Waals surface area (Å²) in [6.07, 6.45) is 3.93. The van der Waals surface area contributed by atoms with E-state index in [1.807, 2.05) is 0 Å². The van der Waals surface area contributed by atoms with Gasteiger partial charge in [-0.05, 0) is 43.9 Å². The Morgan fingerprint density at radius 1 is 1.37 bits per heavy atom. The third-order valence-corrected chi connectivity index (χ3v) is 4.52. The van der Waals surface area contributed by atoms with Gasteiger partial charge in [-0.25, -0.2) is 4.39 Å². The molecule has 104 valence electrons. The topological polar surface area (TPSA) is 15.3 Å². The fourth-order valence-corrected chi connectivity index (χ4v) is 3.32. The number of benzene rings is 1. The maximum absolute atomic E-state index is 13.1. The quantitative estimate of drug-likeness (QED) is 0.911. The molecule has 2 fully saturated rings. The standard InChI is InChI=1S/C15H20ClFN2/c1-10(14-5-2-11(17)8-15(14)16)18-12-6-7-19(9-12)13-3-4-13/h2,5,8,10,12-13,18H,3-4,6-7,9H2,1H3. The number of hydrogen-bond acceptors (Lipinski definition) is 2. The molecule has 0 aromatic heterocycles. The zero-order chi connectivity index (χ0) is 13.4. The normalized spacial score (nSPS) is 25.7. The van der Waals surface area contributed by atoms with Gasteiger partial charge < -0.3 is 5.32 Å². The third-order valence-electron chi connectivity index (χ3n) is 4.20. The summed E-state index contributed by atoms with van der Waals surface area (Å²) < 4.78 is 13.1. The van der Waals surface area contributed by atoms with E-state index in [0.29, 0.717) is 11.1 Å². The summed E-state index contributed by atoms with van der Waals surface area (Å²) >= 11 is 6.11. The highest BCUT2D eigenvalue weighted by molar-refractivity contribution is 6.31. The molecule has 0 bridgehead atoms. The van der Waals surface area contributed by atoms with Crippen LogP contribution in [0.15, 0.2) is 18.2 Å². The van der Waals surface area contributed by atoms with Gasteiger partial charge in [0.05, 0.1) is 0 Å². The average molecular weight is 283 g/mol. The highest BCUT2D eigenvalue weighted by Gasteiger charge is 2.34. The largest absolute Gasteiger partial charge is 0.306 e. The van der Waals surface area contributed by atoms with Crippen LogP contribution in [0.1, 0.15) is 37.8 Å². The molecule has 1 aliphatic heterocycles. The molecule has 1 aliphatic carbocycles. The van der Waals surface area contributed by atoms with Crippen molar-refractivity contribution in [3.05, 3.63) is 34.6 Å². The Balaban J connectivity index is 1.60. The number of likely N-dealkylation sites (tertiary alicyclic amines) is 1. The summed E-state index contributed by atoms with van der Waals surface area (Å²) in [4.78, 5) is 2.58. The van der Waals surface area contributed by atoms with Crippen molar-refractivity contribution in [3.63, 3.8) is 0 Å². The Bertz CT molecular complexity index is 461. The lowest BCUT2D eigenvalue weighted by atomic mass is 10.1. The molecule has 0 amide bonds. The first kappa shape index (κ1) is 13.3. The van der Waals surface area contributed by atoms with Crippen molar-refractivity contribution in [2.45, 2.75) is 44.3 Å². The van der Waals surface area contributed by atoms with E-state index in [1.54, 1.807) is 6.07 Å². The van der Waals surface area contributed by atoms with Crippen LogP contribution in [0.25, 0.3) is 0 Å².